The van der Waals surface area contributed by atoms with E-state index in [2.05, 4.69) is 30.9 Å². The van der Waals surface area contributed by atoms with Gasteiger partial charge in [-0.1, -0.05) is 6.92 Å². The first kappa shape index (κ1) is 15.7. The molecule has 0 spiro atoms. The highest BCUT2D eigenvalue weighted by molar-refractivity contribution is 9.10. The van der Waals surface area contributed by atoms with Gasteiger partial charge in [-0.25, -0.2) is 0 Å². The molecule has 0 unspecified atom stereocenters. The van der Waals surface area contributed by atoms with Crippen LogP contribution in [0.25, 0.3) is 11.7 Å². The Balaban J connectivity index is 1.95. The Morgan fingerprint density at radius 2 is 2.19 bits per heavy atom. The molecule has 0 N–H and O–H groups in total. The highest BCUT2D eigenvalue weighted by atomic mass is 79.9. The summed E-state index contributed by atoms with van der Waals surface area (Å²) in [6.07, 6.45) is 0.330. The lowest BCUT2D eigenvalue weighted by molar-refractivity contribution is -0.141. The number of nitrogens with zero attached hydrogens (tertiary/aromatic N) is 3. The van der Waals surface area contributed by atoms with Crippen LogP contribution in [0.1, 0.15) is 19.2 Å². The molecule has 0 aliphatic rings. The zero-order valence-electron chi connectivity index (χ0n) is 11.8. The number of carbonyl (C=O) groups is 1. The van der Waals surface area contributed by atoms with Gasteiger partial charge in [-0.3, -0.25) is 9.69 Å². The number of carbonyl (C=O) groups excluding carboxylic acids is 1. The molecule has 2 aromatic heterocycles. The second-order valence-electron chi connectivity index (χ2n) is 4.30. The summed E-state index contributed by atoms with van der Waals surface area (Å²) in [4.78, 5) is 13.2. The standard InChI is InChI=1S/C13H16BrN3O4/c1-3-17(7-6-12(18)19-2)8-11-15-16-13(21-11)9-4-5-10(14)20-9/h4-5H,3,6-8H2,1-2H3. The first-order valence-electron chi connectivity index (χ1n) is 6.49. The Bertz CT molecular complexity index is 596. The van der Waals surface area contributed by atoms with Gasteiger partial charge in [-0.15, -0.1) is 10.2 Å². The molecule has 2 rings (SSSR count). The molecule has 0 fully saturated rings. The second kappa shape index (κ2) is 7.37. The third kappa shape index (κ3) is 4.40. The summed E-state index contributed by atoms with van der Waals surface area (Å²) in [5.41, 5.74) is 0. The predicted octanol–water partition coefficient (Wildman–Crippen LogP) is 2.48. The lowest BCUT2D eigenvalue weighted by Gasteiger charge is -2.17. The summed E-state index contributed by atoms with van der Waals surface area (Å²) < 4.78 is 16.1. The fourth-order valence-corrected chi connectivity index (χ4v) is 2.04. The zero-order valence-corrected chi connectivity index (χ0v) is 13.4. The van der Waals surface area contributed by atoms with Gasteiger partial charge in [-0.2, -0.15) is 0 Å². The third-order valence-corrected chi connectivity index (χ3v) is 3.34. The van der Waals surface area contributed by atoms with Crippen molar-refractivity contribution in [2.24, 2.45) is 0 Å². The molecule has 0 aliphatic carbocycles. The van der Waals surface area contributed by atoms with Gasteiger partial charge < -0.3 is 13.6 Å². The molecular weight excluding hydrogens is 342 g/mol. The zero-order chi connectivity index (χ0) is 15.2. The van der Waals surface area contributed by atoms with Gasteiger partial charge in [0, 0.05) is 6.54 Å². The van der Waals surface area contributed by atoms with Crippen LogP contribution in [0.15, 0.2) is 25.6 Å². The topological polar surface area (TPSA) is 81.6 Å². The molecule has 0 bridgehead atoms. The third-order valence-electron chi connectivity index (χ3n) is 2.92. The quantitative estimate of drug-likeness (QED) is 0.703. The molecular formula is C13H16BrN3O4. The summed E-state index contributed by atoms with van der Waals surface area (Å²) >= 11 is 3.22. The molecule has 0 amide bonds. The summed E-state index contributed by atoms with van der Waals surface area (Å²) in [6.45, 7) is 3.81. The largest absolute Gasteiger partial charge is 0.469 e. The van der Waals surface area contributed by atoms with Crippen molar-refractivity contribution in [2.45, 2.75) is 19.9 Å². The monoisotopic (exact) mass is 357 g/mol. The molecule has 0 saturated heterocycles. The van der Waals surface area contributed by atoms with Crippen molar-refractivity contribution in [2.75, 3.05) is 20.2 Å². The molecule has 0 atom stereocenters. The predicted molar refractivity (Wildman–Crippen MR) is 77.3 cm³/mol. The van der Waals surface area contributed by atoms with Gasteiger partial charge in [0.05, 0.1) is 20.1 Å². The van der Waals surface area contributed by atoms with Crippen LogP contribution in [-0.4, -0.2) is 41.3 Å². The van der Waals surface area contributed by atoms with Crippen molar-refractivity contribution in [3.8, 4) is 11.7 Å². The normalized spacial score (nSPS) is 11.0. The molecule has 114 valence electrons. The lowest BCUT2D eigenvalue weighted by Crippen LogP contribution is -2.26. The maximum atomic E-state index is 11.2. The summed E-state index contributed by atoms with van der Waals surface area (Å²) in [6, 6.07) is 3.50. The minimum absolute atomic E-state index is 0.236. The van der Waals surface area contributed by atoms with E-state index < -0.39 is 0 Å². The Kier molecular flexibility index (Phi) is 5.51. The van der Waals surface area contributed by atoms with Crippen LogP contribution >= 0.6 is 15.9 Å². The van der Waals surface area contributed by atoms with Gasteiger partial charge in [-0.05, 0) is 34.6 Å². The number of halogens is 1. The summed E-state index contributed by atoms with van der Waals surface area (Å²) in [5.74, 6) is 1.09. The van der Waals surface area contributed by atoms with Crippen LogP contribution in [-0.2, 0) is 16.1 Å². The number of furan rings is 1. The highest BCUT2D eigenvalue weighted by Gasteiger charge is 2.15. The Morgan fingerprint density at radius 1 is 1.38 bits per heavy atom. The summed E-state index contributed by atoms with van der Waals surface area (Å²) in [5, 5.41) is 7.94. The van der Waals surface area contributed by atoms with Crippen molar-refractivity contribution in [1.82, 2.24) is 15.1 Å². The molecule has 0 radical (unpaired) electrons. The first-order chi connectivity index (χ1) is 10.1. The number of hydrogen-bond donors (Lipinski definition) is 0. The van der Waals surface area contributed by atoms with Gasteiger partial charge in [0.1, 0.15) is 0 Å². The molecule has 21 heavy (non-hydrogen) atoms. The van der Waals surface area contributed by atoms with E-state index in [0.29, 0.717) is 41.7 Å². The van der Waals surface area contributed by atoms with E-state index in [-0.39, 0.29) is 5.97 Å². The Hall–Kier alpha value is -1.67. The van der Waals surface area contributed by atoms with Crippen molar-refractivity contribution in [3.63, 3.8) is 0 Å². The molecule has 0 aliphatic heterocycles. The van der Waals surface area contributed by atoms with Crippen molar-refractivity contribution in [1.29, 1.82) is 0 Å². The summed E-state index contributed by atoms with van der Waals surface area (Å²) in [7, 11) is 1.38. The fourth-order valence-electron chi connectivity index (χ4n) is 1.74. The average Bonchev–Trinajstić information content (AvgIpc) is 3.11. The van der Waals surface area contributed by atoms with E-state index in [4.69, 9.17) is 8.83 Å². The van der Waals surface area contributed by atoms with Crippen LogP contribution in [0.2, 0.25) is 0 Å². The number of hydrogen-bond acceptors (Lipinski definition) is 7. The minimum Gasteiger partial charge on any atom is -0.469 e. The van der Waals surface area contributed by atoms with Crippen LogP contribution < -0.4 is 0 Å². The van der Waals surface area contributed by atoms with E-state index >= 15 is 0 Å². The highest BCUT2D eigenvalue weighted by Crippen LogP contribution is 2.24. The van der Waals surface area contributed by atoms with Crippen molar-refractivity contribution >= 4 is 21.9 Å². The Labute approximate surface area is 130 Å². The lowest BCUT2D eigenvalue weighted by atomic mass is 10.3. The maximum Gasteiger partial charge on any atom is 0.306 e. The number of ether oxygens (including phenoxy) is 1. The van der Waals surface area contributed by atoms with Gasteiger partial charge in [0.2, 0.25) is 5.89 Å². The van der Waals surface area contributed by atoms with Crippen molar-refractivity contribution in [3.05, 3.63) is 22.7 Å². The number of rotatable bonds is 7. The van der Waals surface area contributed by atoms with E-state index in [1.807, 2.05) is 11.8 Å². The van der Waals surface area contributed by atoms with Crippen LogP contribution in [0.3, 0.4) is 0 Å². The smallest absolute Gasteiger partial charge is 0.306 e. The SMILES string of the molecule is CCN(CCC(=O)OC)Cc1nnc(-c2ccc(Br)o2)o1. The maximum absolute atomic E-state index is 11.2. The molecule has 8 heteroatoms. The fraction of sp³-hybridized carbons (Fsp3) is 0.462. The molecule has 7 nitrogen and oxygen atoms in total. The molecule has 2 aromatic rings. The van der Waals surface area contributed by atoms with E-state index in [9.17, 15) is 4.79 Å². The van der Waals surface area contributed by atoms with Crippen LogP contribution in [0.4, 0.5) is 0 Å². The molecule has 0 saturated carbocycles. The van der Waals surface area contributed by atoms with Gasteiger partial charge in [0.25, 0.3) is 5.89 Å². The van der Waals surface area contributed by atoms with E-state index in [1.54, 1.807) is 12.1 Å². The minimum atomic E-state index is -0.236. The Morgan fingerprint density at radius 3 is 2.81 bits per heavy atom. The van der Waals surface area contributed by atoms with E-state index in [1.165, 1.54) is 7.11 Å². The molecule has 2 heterocycles. The number of esters is 1. The van der Waals surface area contributed by atoms with Crippen molar-refractivity contribution < 1.29 is 18.4 Å². The van der Waals surface area contributed by atoms with Gasteiger partial charge in [0.15, 0.2) is 10.4 Å². The molecule has 0 aromatic carbocycles. The van der Waals surface area contributed by atoms with Gasteiger partial charge >= 0.3 is 5.97 Å². The number of aromatic nitrogens is 2. The first-order valence-corrected chi connectivity index (χ1v) is 7.29. The number of methoxy groups -OCH3 is 1. The van der Waals surface area contributed by atoms with Crippen LogP contribution in [0, 0.1) is 0 Å². The van der Waals surface area contributed by atoms with Crippen LogP contribution in [0.5, 0.6) is 0 Å². The second-order valence-corrected chi connectivity index (χ2v) is 5.08. The van der Waals surface area contributed by atoms with E-state index in [0.717, 1.165) is 6.54 Å². The average molecular weight is 358 g/mol.